The summed E-state index contributed by atoms with van der Waals surface area (Å²) < 4.78 is 0.343. The third kappa shape index (κ3) is 18.0. The number of aliphatic carboxylic acids is 2. The van der Waals surface area contributed by atoms with Crippen LogP contribution in [0.2, 0.25) is 0 Å². The van der Waals surface area contributed by atoms with Gasteiger partial charge >= 0.3 is 0 Å². The second-order valence-corrected chi connectivity index (χ2v) is 9.32. The van der Waals surface area contributed by atoms with Crippen molar-refractivity contribution in [3.63, 3.8) is 0 Å². The molecule has 0 saturated heterocycles. The molecule has 0 aliphatic heterocycles. The molecule has 0 rings (SSSR count). The number of hydrogen-bond donors (Lipinski definition) is 2. The molecule has 8 heteroatoms. The van der Waals surface area contributed by atoms with Crippen LogP contribution in [-0.2, 0) is 14.4 Å². The number of nitrogens with two attached hydrogens (primary N) is 1. The van der Waals surface area contributed by atoms with Crippen molar-refractivity contribution in [1.82, 2.24) is 4.90 Å². The number of hydrogen-bond acceptors (Lipinski definition) is 5. The van der Waals surface area contributed by atoms with Gasteiger partial charge in [0.25, 0.3) is 5.97 Å². The van der Waals surface area contributed by atoms with Gasteiger partial charge in [-0.15, -0.1) is 0 Å². The molecule has 0 aromatic heterocycles. The second-order valence-electron chi connectivity index (χ2n) is 9.32. The zero-order valence-electron chi connectivity index (χ0n) is 22.0. The fourth-order valence-corrected chi connectivity index (χ4v) is 3.68. The summed E-state index contributed by atoms with van der Waals surface area (Å²) in [5.41, 5.74) is 4.11. The van der Waals surface area contributed by atoms with Crippen LogP contribution in [0.25, 0.3) is 0 Å². The number of carbonyl (C=O) groups excluding carboxylic acids is 2. The molecular formula is C24H51N3O5. The summed E-state index contributed by atoms with van der Waals surface area (Å²) in [4.78, 5) is 32.5. The van der Waals surface area contributed by atoms with E-state index in [0.29, 0.717) is 17.3 Å². The van der Waals surface area contributed by atoms with Crippen LogP contribution in [0.15, 0.2) is 0 Å². The topological polar surface area (TPSA) is 124 Å². The lowest BCUT2D eigenvalue weighted by molar-refractivity contribution is -0.929. The van der Waals surface area contributed by atoms with Crippen LogP contribution in [0.4, 0.5) is 0 Å². The Bertz CT molecular complexity index is 500. The summed E-state index contributed by atoms with van der Waals surface area (Å²) in [6.07, 6.45) is 13.5. The van der Waals surface area contributed by atoms with Crippen LogP contribution in [0.3, 0.4) is 0 Å². The van der Waals surface area contributed by atoms with Crippen molar-refractivity contribution in [2.45, 2.75) is 103 Å². The van der Waals surface area contributed by atoms with Crippen molar-refractivity contribution >= 4 is 17.8 Å². The zero-order valence-corrected chi connectivity index (χ0v) is 22.0. The summed E-state index contributed by atoms with van der Waals surface area (Å²) in [7, 11) is 9.21. The highest BCUT2D eigenvalue weighted by molar-refractivity contribution is 5.74. The van der Waals surface area contributed by atoms with Crippen LogP contribution in [0, 0.1) is 0 Å². The van der Waals surface area contributed by atoms with E-state index in [4.69, 9.17) is 15.6 Å². The molecule has 0 aliphatic carbocycles. The minimum atomic E-state index is -1.00. The molecule has 0 radical (unpaired) electrons. The van der Waals surface area contributed by atoms with Crippen LogP contribution in [-0.4, -0.2) is 73.2 Å². The smallest absolute Gasteiger partial charge is 0.300 e. The molecule has 8 nitrogen and oxygen atoms in total. The van der Waals surface area contributed by atoms with Crippen LogP contribution >= 0.6 is 0 Å². The first-order valence-electron chi connectivity index (χ1n) is 11.9. The predicted molar refractivity (Wildman–Crippen MR) is 129 cm³/mol. The highest BCUT2D eigenvalue weighted by Gasteiger charge is 2.46. The van der Waals surface area contributed by atoms with E-state index >= 15 is 0 Å². The normalized spacial score (nSPS) is 12.7. The number of likely N-dealkylation sites (N-methyl/N-ethyl adjacent to an activating group) is 2. The Hall–Kier alpha value is -1.67. The second kappa shape index (κ2) is 20.0. The Labute approximate surface area is 196 Å². The Balaban J connectivity index is -0.000000450. The van der Waals surface area contributed by atoms with Crippen molar-refractivity contribution in [2.24, 2.45) is 5.73 Å². The van der Waals surface area contributed by atoms with E-state index in [-0.39, 0.29) is 5.91 Å². The van der Waals surface area contributed by atoms with Gasteiger partial charge in [-0.2, -0.15) is 0 Å². The summed E-state index contributed by atoms with van der Waals surface area (Å²) in [5, 5.41) is 18.7. The lowest BCUT2D eigenvalue weighted by Crippen LogP contribution is -2.72. The summed E-state index contributed by atoms with van der Waals surface area (Å²) in [6, 6.07) is 0. The molecule has 0 aromatic rings. The molecule has 0 saturated carbocycles. The standard InChI is InChI=1S/C12H25NO.C10H22N2O2.C2H4O2/c1-2-3-4-5-6-7-8-9-10-11-12(13)14;1-7-8-10(9(13)14,11(2)3)12(4,5)6;1-2(3)4/h2-11H2,1H3,(H2,13,14);7-8H2,1-6H3;1H3,(H,3,4). The Morgan fingerprint density at radius 1 is 0.875 bits per heavy atom. The Morgan fingerprint density at radius 3 is 1.47 bits per heavy atom. The molecule has 1 amide bonds. The molecule has 1 unspecified atom stereocenters. The molecule has 0 bridgehead atoms. The minimum absolute atomic E-state index is 0.159. The first-order valence-corrected chi connectivity index (χ1v) is 11.9. The monoisotopic (exact) mass is 461 g/mol. The highest BCUT2D eigenvalue weighted by Crippen LogP contribution is 2.26. The van der Waals surface area contributed by atoms with Gasteiger partial charge < -0.3 is 25.2 Å². The van der Waals surface area contributed by atoms with Crippen LogP contribution in [0.5, 0.6) is 0 Å². The average molecular weight is 462 g/mol. The van der Waals surface area contributed by atoms with Crippen molar-refractivity contribution in [3.8, 4) is 0 Å². The van der Waals surface area contributed by atoms with E-state index in [2.05, 4.69) is 6.92 Å². The lowest BCUT2D eigenvalue weighted by Gasteiger charge is -2.50. The molecule has 0 fully saturated rings. The van der Waals surface area contributed by atoms with Crippen molar-refractivity contribution in [2.75, 3.05) is 35.2 Å². The molecule has 1 atom stereocenters. The highest BCUT2D eigenvalue weighted by atomic mass is 16.4. The number of unbranched alkanes of at least 4 members (excludes halogenated alkanes) is 8. The number of carboxylic acid groups (broad SMARTS) is 2. The maximum Gasteiger partial charge on any atom is 0.300 e. The van der Waals surface area contributed by atoms with E-state index in [1.54, 1.807) is 19.0 Å². The molecule has 0 heterocycles. The SMILES string of the molecule is CC(=O)O.CCCC(C(=O)[O-])(N(C)C)[N+](C)(C)C.CCCCCCCCCCCC(N)=O. The number of carboxylic acids is 2. The van der Waals surface area contributed by atoms with Crippen molar-refractivity contribution in [1.29, 1.82) is 0 Å². The van der Waals surface area contributed by atoms with E-state index < -0.39 is 17.6 Å². The summed E-state index contributed by atoms with van der Waals surface area (Å²) in [6.45, 7) is 5.31. The number of amides is 1. The fourth-order valence-electron chi connectivity index (χ4n) is 3.68. The van der Waals surface area contributed by atoms with Crippen LogP contribution < -0.4 is 10.8 Å². The third-order valence-corrected chi connectivity index (χ3v) is 5.30. The summed E-state index contributed by atoms with van der Waals surface area (Å²) >= 11 is 0. The van der Waals surface area contributed by atoms with Gasteiger partial charge in [-0.3, -0.25) is 14.5 Å². The molecule has 0 spiro atoms. The molecule has 0 aliphatic rings. The van der Waals surface area contributed by atoms with Crippen molar-refractivity contribution in [3.05, 3.63) is 0 Å². The van der Waals surface area contributed by atoms with Crippen LogP contribution in [0.1, 0.15) is 97.8 Å². The average Bonchev–Trinajstić information content (AvgIpc) is 2.63. The Kier molecular flexibility index (Phi) is 21.8. The van der Waals surface area contributed by atoms with Gasteiger partial charge in [0.05, 0.1) is 21.1 Å². The number of primary amides is 1. The van der Waals surface area contributed by atoms with E-state index in [9.17, 15) is 14.7 Å². The molecule has 192 valence electrons. The minimum Gasteiger partial charge on any atom is -0.543 e. The number of carbonyl (C=O) groups is 3. The van der Waals surface area contributed by atoms with Gasteiger partial charge in [0.15, 0.2) is 5.66 Å². The summed E-state index contributed by atoms with van der Waals surface area (Å²) in [5.74, 6) is -2.00. The van der Waals surface area contributed by atoms with Crippen molar-refractivity contribution < 1.29 is 29.1 Å². The first-order chi connectivity index (χ1) is 14.7. The lowest BCUT2D eigenvalue weighted by atomic mass is 9.99. The quantitative estimate of drug-likeness (QED) is 0.219. The largest absolute Gasteiger partial charge is 0.543 e. The maximum atomic E-state index is 11.3. The molecule has 3 N–H and O–H groups in total. The van der Waals surface area contributed by atoms with Gasteiger partial charge in [0.2, 0.25) is 5.91 Å². The first kappa shape index (κ1) is 34.9. The molecule has 0 aromatic carbocycles. The van der Waals surface area contributed by atoms with Gasteiger partial charge in [-0.25, -0.2) is 0 Å². The zero-order chi connectivity index (χ0) is 25.8. The third-order valence-electron chi connectivity index (χ3n) is 5.30. The van der Waals surface area contributed by atoms with Gasteiger partial charge in [-0.1, -0.05) is 65.2 Å². The number of nitrogens with zero attached hydrogens (tertiary/aromatic N) is 2. The van der Waals surface area contributed by atoms with E-state index in [0.717, 1.165) is 26.2 Å². The fraction of sp³-hybridized carbons (Fsp3) is 0.875. The predicted octanol–water partition coefficient (Wildman–Crippen LogP) is 2.98. The van der Waals surface area contributed by atoms with Gasteiger partial charge in [0.1, 0.15) is 5.97 Å². The van der Waals surface area contributed by atoms with Gasteiger partial charge in [0, 0.05) is 19.8 Å². The van der Waals surface area contributed by atoms with E-state index in [1.165, 1.54) is 44.9 Å². The number of quaternary nitrogens is 1. The molecular weight excluding hydrogens is 410 g/mol. The Morgan fingerprint density at radius 2 is 1.25 bits per heavy atom. The van der Waals surface area contributed by atoms with E-state index in [1.807, 2.05) is 28.1 Å². The van der Waals surface area contributed by atoms with Gasteiger partial charge in [-0.05, 0) is 26.9 Å². The number of rotatable bonds is 15. The maximum absolute atomic E-state index is 11.3. The molecule has 32 heavy (non-hydrogen) atoms.